The number of aromatic nitrogens is 1. The minimum Gasteiger partial charge on any atom is -0.466 e. The predicted molar refractivity (Wildman–Crippen MR) is 83.1 cm³/mol. The quantitative estimate of drug-likeness (QED) is 0.513. The van der Waals surface area contributed by atoms with Crippen LogP contribution in [-0.2, 0) is 25.5 Å². The molecule has 0 spiro atoms. The molecule has 1 heterocycles. The lowest BCUT2D eigenvalue weighted by atomic mass is 10.3. The molecule has 1 amide bonds. The number of hydrogen-bond donors (Lipinski definition) is 2. The Morgan fingerprint density at radius 2 is 2.19 bits per heavy atom. The summed E-state index contributed by atoms with van der Waals surface area (Å²) in [6.07, 6.45) is 0.117. The van der Waals surface area contributed by atoms with Gasteiger partial charge in [-0.05, 0) is 6.92 Å². The Morgan fingerprint density at radius 3 is 2.86 bits per heavy atom. The number of nitrogens with one attached hydrogen (secondary N) is 2. The van der Waals surface area contributed by atoms with Crippen molar-refractivity contribution in [2.45, 2.75) is 13.3 Å². The molecule has 9 heteroatoms. The van der Waals surface area contributed by atoms with E-state index in [-0.39, 0.29) is 37.2 Å². The number of carbonyl (C=O) groups excluding carboxylic acids is 2. The molecule has 0 bridgehead atoms. The molecule has 1 aromatic rings. The number of rotatable bonds is 9. The van der Waals surface area contributed by atoms with Crippen molar-refractivity contribution in [2.75, 3.05) is 38.7 Å². The van der Waals surface area contributed by atoms with Crippen LogP contribution in [0, 0.1) is 0 Å². The Bertz CT molecular complexity index is 442. The summed E-state index contributed by atoms with van der Waals surface area (Å²) in [7, 11) is 1.60. The second kappa shape index (κ2) is 11.4. The van der Waals surface area contributed by atoms with Gasteiger partial charge in [0.2, 0.25) is 5.91 Å². The van der Waals surface area contributed by atoms with Gasteiger partial charge in [0, 0.05) is 19.0 Å². The molecular formula is C12H20ClN3O4S. The SMILES string of the molecule is CCOC(=O)Cc1csc(NC(=O)CNCCOC)n1.Cl. The van der Waals surface area contributed by atoms with Crippen LogP contribution in [0.15, 0.2) is 5.38 Å². The molecule has 2 N–H and O–H groups in total. The molecule has 0 aliphatic rings. The minimum atomic E-state index is -0.322. The summed E-state index contributed by atoms with van der Waals surface area (Å²) < 4.78 is 9.68. The van der Waals surface area contributed by atoms with Crippen LogP contribution in [0.2, 0.25) is 0 Å². The molecular weight excluding hydrogens is 318 g/mol. The molecule has 0 saturated carbocycles. The molecule has 21 heavy (non-hydrogen) atoms. The van der Waals surface area contributed by atoms with Crippen LogP contribution >= 0.6 is 23.7 Å². The molecule has 0 aliphatic carbocycles. The second-order valence-corrected chi connectivity index (χ2v) is 4.70. The molecule has 120 valence electrons. The lowest BCUT2D eigenvalue weighted by Gasteiger charge is -2.03. The first-order valence-corrected chi connectivity index (χ1v) is 7.13. The first-order chi connectivity index (χ1) is 9.65. The number of nitrogens with zero attached hydrogens (tertiary/aromatic N) is 1. The third-order valence-corrected chi connectivity index (χ3v) is 3.00. The van der Waals surface area contributed by atoms with E-state index in [4.69, 9.17) is 9.47 Å². The van der Waals surface area contributed by atoms with Crippen molar-refractivity contribution < 1.29 is 19.1 Å². The lowest BCUT2D eigenvalue weighted by Crippen LogP contribution is -2.30. The summed E-state index contributed by atoms with van der Waals surface area (Å²) in [5, 5.41) is 7.79. The van der Waals surface area contributed by atoms with Crippen LogP contribution in [0.3, 0.4) is 0 Å². The van der Waals surface area contributed by atoms with Crippen molar-refractivity contribution in [2.24, 2.45) is 0 Å². The van der Waals surface area contributed by atoms with Crippen molar-refractivity contribution in [1.29, 1.82) is 0 Å². The molecule has 0 atom stereocenters. The predicted octanol–water partition coefficient (Wildman–Crippen LogP) is 0.845. The van der Waals surface area contributed by atoms with Gasteiger partial charge in [0.1, 0.15) is 0 Å². The summed E-state index contributed by atoms with van der Waals surface area (Å²) in [6, 6.07) is 0. The largest absolute Gasteiger partial charge is 0.466 e. The number of carbonyl (C=O) groups is 2. The summed E-state index contributed by atoms with van der Waals surface area (Å²) >= 11 is 1.28. The van der Waals surface area contributed by atoms with Gasteiger partial charge in [-0.15, -0.1) is 23.7 Å². The number of esters is 1. The van der Waals surface area contributed by atoms with Crippen LogP contribution in [0.1, 0.15) is 12.6 Å². The summed E-state index contributed by atoms with van der Waals surface area (Å²) in [6.45, 7) is 3.45. The highest BCUT2D eigenvalue weighted by atomic mass is 35.5. The fourth-order valence-corrected chi connectivity index (χ4v) is 2.07. The van der Waals surface area contributed by atoms with E-state index < -0.39 is 0 Å². The standard InChI is InChI=1S/C12H19N3O4S.ClH/c1-3-19-11(17)6-9-8-20-12(14-9)15-10(16)7-13-4-5-18-2;/h8,13H,3-7H2,1-2H3,(H,14,15,16);1H. The molecule has 7 nitrogen and oxygen atoms in total. The minimum absolute atomic E-state index is 0. The van der Waals surface area contributed by atoms with Gasteiger partial charge in [0.05, 0.1) is 31.9 Å². The Kier molecular flexibility index (Phi) is 10.8. The van der Waals surface area contributed by atoms with Gasteiger partial charge in [-0.1, -0.05) is 0 Å². The molecule has 0 fully saturated rings. The summed E-state index contributed by atoms with van der Waals surface area (Å²) in [5.74, 6) is -0.505. The van der Waals surface area contributed by atoms with Crippen LogP contribution in [-0.4, -0.2) is 50.3 Å². The number of amides is 1. The van der Waals surface area contributed by atoms with E-state index in [0.29, 0.717) is 30.6 Å². The van der Waals surface area contributed by atoms with Gasteiger partial charge in [-0.3, -0.25) is 9.59 Å². The second-order valence-electron chi connectivity index (χ2n) is 3.84. The van der Waals surface area contributed by atoms with Crippen LogP contribution in [0.5, 0.6) is 0 Å². The van der Waals surface area contributed by atoms with Crippen molar-refractivity contribution in [3.05, 3.63) is 11.1 Å². The molecule has 0 aromatic carbocycles. The van der Waals surface area contributed by atoms with E-state index in [9.17, 15) is 9.59 Å². The van der Waals surface area contributed by atoms with Crippen LogP contribution in [0.25, 0.3) is 0 Å². The third kappa shape index (κ3) is 8.61. The monoisotopic (exact) mass is 337 g/mol. The number of methoxy groups -OCH3 is 1. The zero-order valence-corrected chi connectivity index (χ0v) is 13.6. The smallest absolute Gasteiger partial charge is 0.311 e. The highest BCUT2D eigenvalue weighted by molar-refractivity contribution is 7.13. The lowest BCUT2D eigenvalue weighted by molar-refractivity contribution is -0.142. The maximum atomic E-state index is 11.6. The summed E-state index contributed by atoms with van der Waals surface area (Å²) in [4.78, 5) is 27.0. The van der Waals surface area contributed by atoms with Gasteiger partial charge in [-0.2, -0.15) is 0 Å². The van der Waals surface area contributed by atoms with E-state index in [2.05, 4.69) is 15.6 Å². The molecule has 0 unspecified atom stereocenters. The Morgan fingerprint density at radius 1 is 1.43 bits per heavy atom. The number of ether oxygens (including phenoxy) is 2. The molecule has 1 aromatic heterocycles. The highest BCUT2D eigenvalue weighted by Gasteiger charge is 2.10. The van der Waals surface area contributed by atoms with E-state index >= 15 is 0 Å². The fourth-order valence-electron chi connectivity index (χ4n) is 1.35. The normalized spacial score (nSPS) is 9.81. The van der Waals surface area contributed by atoms with Crippen molar-refractivity contribution in [1.82, 2.24) is 10.3 Å². The van der Waals surface area contributed by atoms with E-state index in [1.807, 2.05) is 0 Å². The van der Waals surface area contributed by atoms with E-state index in [1.54, 1.807) is 19.4 Å². The third-order valence-electron chi connectivity index (χ3n) is 2.20. The Hall–Kier alpha value is -1.22. The van der Waals surface area contributed by atoms with Crippen LogP contribution < -0.4 is 10.6 Å². The average Bonchev–Trinajstić information content (AvgIpc) is 2.82. The van der Waals surface area contributed by atoms with Crippen LogP contribution in [0.4, 0.5) is 5.13 Å². The number of hydrogen-bond acceptors (Lipinski definition) is 7. The number of thiazole rings is 1. The zero-order chi connectivity index (χ0) is 14.8. The first kappa shape index (κ1) is 19.8. The Balaban J connectivity index is 0.00000400. The van der Waals surface area contributed by atoms with E-state index in [1.165, 1.54) is 11.3 Å². The van der Waals surface area contributed by atoms with Crippen molar-refractivity contribution in [3.63, 3.8) is 0 Å². The molecule has 0 saturated heterocycles. The molecule has 0 radical (unpaired) electrons. The topological polar surface area (TPSA) is 89.5 Å². The van der Waals surface area contributed by atoms with Gasteiger partial charge < -0.3 is 20.1 Å². The van der Waals surface area contributed by atoms with Crippen molar-refractivity contribution >= 4 is 40.8 Å². The number of halogens is 1. The van der Waals surface area contributed by atoms with Crippen molar-refractivity contribution in [3.8, 4) is 0 Å². The van der Waals surface area contributed by atoms with Gasteiger partial charge >= 0.3 is 5.97 Å². The zero-order valence-electron chi connectivity index (χ0n) is 12.0. The fraction of sp³-hybridized carbons (Fsp3) is 0.583. The number of anilines is 1. The first-order valence-electron chi connectivity index (χ1n) is 6.25. The van der Waals surface area contributed by atoms with E-state index in [0.717, 1.165) is 0 Å². The molecule has 0 aliphatic heterocycles. The maximum Gasteiger partial charge on any atom is 0.311 e. The Labute approximate surface area is 133 Å². The maximum absolute atomic E-state index is 11.6. The summed E-state index contributed by atoms with van der Waals surface area (Å²) in [5.41, 5.74) is 0.594. The highest BCUT2D eigenvalue weighted by Crippen LogP contribution is 2.15. The molecule has 1 rings (SSSR count). The van der Waals surface area contributed by atoms with Gasteiger partial charge in [-0.25, -0.2) is 4.98 Å². The van der Waals surface area contributed by atoms with Gasteiger partial charge in [0.15, 0.2) is 5.13 Å². The average molecular weight is 338 g/mol. The van der Waals surface area contributed by atoms with Gasteiger partial charge in [0.25, 0.3) is 0 Å².